The van der Waals surface area contributed by atoms with Gasteiger partial charge in [-0.15, -0.1) is 0 Å². The largest absolute Gasteiger partial charge is 0.459 e. The first-order valence-electron chi connectivity index (χ1n) is 5.80. The van der Waals surface area contributed by atoms with E-state index in [1.165, 1.54) is 18.5 Å². The van der Waals surface area contributed by atoms with Gasteiger partial charge < -0.3 is 9.73 Å². The second-order valence-electron chi connectivity index (χ2n) is 3.71. The molecule has 102 valence electrons. The molecule has 0 unspecified atom stereocenters. The number of pyridine rings is 1. The van der Waals surface area contributed by atoms with E-state index in [2.05, 4.69) is 20.8 Å². The summed E-state index contributed by atoms with van der Waals surface area (Å²) in [5.41, 5.74) is 2.89. The normalized spacial score (nSPS) is 10.4. The summed E-state index contributed by atoms with van der Waals surface area (Å²) >= 11 is 0. The molecule has 20 heavy (non-hydrogen) atoms. The Hall–Kier alpha value is -2.96. The topological polar surface area (TPSA) is 96.6 Å². The molecule has 0 aliphatic heterocycles. The molecule has 2 rings (SSSR count). The van der Waals surface area contributed by atoms with Gasteiger partial charge >= 0.3 is 0 Å². The van der Waals surface area contributed by atoms with E-state index in [9.17, 15) is 9.59 Å². The molecule has 2 aromatic rings. The summed E-state index contributed by atoms with van der Waals surface area (Å²) in [7, 11) is 0. The highest BCUT2D eigenvalue weighted by atomic mass is 16.3. The van der Waals surface area contributed by atoms with Crippen molar-refractivity contribution in [2.45, 2.75) is 0 Å². The average Bonchev–Trinajstić information content (AvgIpc) is 3.00. The predicted octanol–water partition coefficient (Wildman–Crippen LogP) is 0.555. The number of nitrogens with one attached hydrogen (secondary N) is 2. The molecule has 7 heteroatoms. The number of hydrogen-bond donors (Lipinski definition) is 2. The zero-order chi connectivity index (χ0) is 14.2. The van der Waals surface area contributed by atoms with Crippen LogP contribution in [0.25, 0.3) is 0 Å². The Bertz CT molecular complexity index is 593. The van der Waals surface area contributed by atoms with Crippen LogP contribution in [-0.2, 0) is 4.79 Å². The second kappa shape index (κ2) is 6.83. The first-order chi connectivity index (χ1) is 9.75. The number of amides is 2. The smallest absolute Gasteiger partial charge is 0.287 e. The number of aromatic nitrogens is 1. The zero-order valence-electron chi connectivity index (χ0n) is 10.4. The lowest BCUT2D eigenvalue weighted by molar-refractivity contribution is -0.120. The number of carbonyl (C=O) groups is 2. The van der Waals surface area contributed by atoms with Crippen molar-refractivity contribution in [3.8, 4) is 0 Å². The van der Waals surface area contributed by atoms with Gasteiger partial charge in [-0.25, -0.2) is 5.43 Å². The van der Waals surface area contributed by atoms with Crippen LogP contribution >= 0.6 is 0 Å². The maximum absolute atomic E-state index is 11.5. The Morgan fingerprint density at radius 2 is 2.20 bits per heavy atom. The standard InChI is InChI=1S/C13H12N4O3/c18-12(9-15-13(19)11-5-3-7-20-11)17-16-8-10-4-1-2-6-14-10/h1-8H,9H2,(H,15,19)(H,17,18). The van der Waals surface area contributed by atoms with Crippen molar-refractivity contribution in [3.05, 3.63) is 54.2 Å². The van der Waals surface area contributed by atoms with E-state index in [-0.39, 0.29) is 12.3 Å². The van der Waals surface area contributed by atoms with Gasteiger partial charge in [0.1, 0.15) is 0 Å². The van der Waals surface area contributed by atoms with E-state index in [4.69, 9.17) is 4.42 Å². The lowest BCUT2D eigenvalue weighted by Gasteiger charge is -2.01. The average molecular weight is 272 g/mol. The minimum absolute atomic E-state index is 0.148. The summed E-state index contributed by atoms with van der Waals surface area (Å²) in [6.07, 6.45) is 4.41. The third-order valence-electron chi connectivity index (χ3n) is 2.23. The third kappa shape index (κ3) is 4.05. The van der Waals surface area contributed by atoms with E-state index in [1.807, 2.05) is 0 Å². The predicted molar refractivity (Wildman–Crippen MR) is 71.0 cm³/mol. The summed E-state index contributed by atoms with van der Waals surface area (Å²) < 4.78 is 4.88. The molecule has 2 N–H and O–H groups in total. The van der Waals surface area contributed by atoms with Gasteiger partial charge in [0.2, 0.25) is 0 Å². The van der Waals surface area contributed by atoms with Crippen LogP contribution in [0, 0.1) is 0 Å². The van der Waals surface area contributed by atoms with Crippen molar-refractivity contribution in [1.82, 2.24) is 15.7 Å². The van der Waals surface area contributed by atoms with Gasteiger partial charge in [0, 0.05) is 6.20 Å². The first kappa shape index (κ1) is 13.5. The Morgan fingerprint density at radius 3 is 2.90 bits per heavy atom. The molecular formula is C13H12N4O3. The van der Waals surface area contributed by atoms with E-state index in [1.54, 1.807) is 30.5 Å². The molecule has 0 saturated carbocycles. The minimum Gasteiger partial charge on any atom is -0.459 e. The number of nitrogens with zero attached hydrogens (tertiary/aromatic N) is 2. The SMILES string of the molecule is O=C(CNC(=O)c1ccco1)NN=Cc1ccccn1. The maximum Gasteiger partial charge on any atom is 0.287 e. The van der Waals surface area contributed by atoms with Crippen molar-refractivity contribution < 1.29 is 14.0 Å². The van der Waals surface area contributed by atoms with Crippen molar-refractivity contribution >= 4 is 18.0 Å². The van der Waals surface area contributed by atoms with Gasteiger partial charge in [-0.05, 0) is 24.3 Å². The molecule has 0 aromatic carbocycles. The number of hydrogen-bond acceptors (Lipinski definition) is 5. The Morgan fingerprint density at radius 1 is 1.30 bits per heavy atom. The molecule has 2 aromatic heterocycles. The number of hydrazone groups is 1. The van der Waals surface area contributed by atoms with Crippen LogP contribution in [0.2, 0.25) is 0 Å². The number of carbonyl (C=O) groups excluding carboxylic acids is 2. The van der Waals surface area contributed by atoms with Gasteiger partial charge in [-0.2, -0.15) is 5.10 Å². The van der Waals surface area contributed by atoms with Crippen LogP contribution in [0.1, 0.15) is 16.2 Å². The fourth-order valence-electron chi connectivity index (χ4n) is 1.32. The molecule has 0 aliphatic rings. The maximum atomic E-state index is 11.5. The quantitative estimate of drug-likeness (QED) is 0.613. The van der Waals surface area contributed by atoms with Crippen LogP contribution in [0.15, 0.2) is 52.3 Å². The molecular weight excluding hydrogens is 260 g/mol. The summed E-state index contributed by atoms with van der Waals surface area (Å²) in [6, 6.07) is 8.42. The van der Waals surface area contributed by atoms with Crippen molar-refractivity contribution in [2.75, 3.05) is 6.54 Å². The van der Waals surface area contributed by atoms with Crippen molar-refractivity contribution in [3.63, 3.8) is 0 Å². The molecule has 0 radical (unpaired) electrons. The molecule has 0 bridgehead atoms. The molecule has 7 nitrogen and oxygen atoms in total. The van der Waals surface area contributed by atoms with Gasteiger partial charge in [0.05, 0.1) is 24.7 Å². The zero-order valence-corrected chi connectivity index (χ0v) is 10.4. The lowest BCUT2D eigenvalue weighted by atomic mass is 10.4. The number of rotatable bonds is 5. The fourth-order valence-corrected chi connectivity index (χ4v) is 1.32. The molecule has 0 fully saturated rings. The van der Waals surface area contributed by atoms with Gasteiger partial charge in [0.15, 0.2) is 5.76 Å². The Kier molecular flexibility index (Phi) is 4.60. The van der Waals surface area contributed by atoms with Crippen LogP contribution in [0.5, 0.6) is 0 Å². The monoisotopic (exact) mass is 272 g/mol. The second-order valence-corrected chi connectivity index (χ2v) is 3.71. The van der Waals surface area contributed by atoms with Gasteiger partial charge in [0.25, 0.3) is 11.8 Å². The Labute approximate surface area is 114 Å². The molecule has 0 saturated heterocycles. The van der Waals surface area contributed by atoms with Crippen molar-refractivity contribution in [1.29, 1.82) is 0 Å². The molecule has 0 spiro atoms. The van der Waals surface area contributed by atoms with E-state index >= 15 is 0 Å². The summed E-state index contributed by atoms with van der Waals surface area (Å²) in [4.78, 5) is 26.9. The fraction of sp³-hybridized carbons (Fsp3) is 0.0769. The summed E-state index contributed by atoms with van der Waals surface area (Å²) in [6.45, 7) is -0.195. The lowest BCUT2D eigenvalue weighted by Crippen LogP contribution is -2.34. The van der Waals surface area contributed by atoms with Gasteiger partial charge in [-0.3, -0.25) is 14.6 Å². The highest BCUT2D eigenvalue weighted by Gasteiger charge is 2.09. The summed E-state index contributed by atoms with van der Waals surface area (Å²) in [5, 5.41) is 6.12. The third-order valence-corrected chi connectivity index (χ3v) is 2.23. The highest BCUT2D eigenvalue weighted by Crippen LogP contribution is 1.98. The molecule has 0 atom stereocenters. The Balaban J connectivity index is 1.73. The first-order valence-corrected chi connectivity index (χ1v) is 5.80. The van der Waals surface area contributed by atoms with Crippen LogP contribution in [0.4, 0.5) is 0 Å². The minimum atomic E-state index is -0.459. The molecule has 0 aliphatic carbocycles. The highest BCUT2D eigenvalue weighted by molar-refractivity contribution is 5.94. The van der Waals surface area contributed by atoms with E-state index < -0.39 is 11.8 Å². The number of furan rings is 1. The van der Waals surface area contributed by atoms with E-state index in [0.717, 1.165) is 0 Å². The molecule has 2 amide bonds. The van der Waals surface area contributed by atoms with Crippen LogP contribution < -0.4 is 10.7 Å². The van der Waals surface area contributed by atoms with Crippen LogP contribution in [0.3, 0.4) is 0 Å². The van der Waals surface area contributed by atoms with Crippen molar-refractivity contribution in [2.24, 2.45) is 5.10 Å². The van der Waals surface area contributed by atoms with Gasteiger partial charge in [-0.1, -0.05) is 6.07 Å². The molecule has 2 heterocycles. The van der Waals surface area contributed by atoms with E-state index in [0.29, 0.717) is 5.69 Å². The summed E-state index contributed by atoms with van der Waals surface area (Å²) in [5.74, 6) is -0.759. The van der Waals surface area contributed by atoms with Crippen LogP contribution in [-0.4, -0.2) is 29.6 Å².